The van der Waals surface area contributed by atoms with Gasteiger partial charge in [0, 0.05) is 17.3 Å². The van der Waals surface area contributed by atoms with E-state index >= 15 is 0 Å². The van der Waals surface area contributed by atoms with Crippen LogP contribution in [0.25, 0.3) is 0 Å². The number of carbonyl (C=O) groups is 2. The van der Waals surface area contributed by atoms with Crippen LogP contribution in [0.3, 0.4) is 0 Å². The van der Waals surface area contributed by atoms with Crippen LogP contribution >= 0.6 is 11.6 Å². The van der Waals surface area contributed by atoms with Crippen LogP contribution < -0.4 is 0 Å². The van der Waals surface area contributed by atoms with Gasteiger partial charge in [0.1, 0.15) is 5.69 Å². The minimum absolute atomic E-state index is 0.196. The van der Waals surface area contributed by atoms with Crippen molar-refractivity contribution < 1.29 is 14.3 Å². The minimum atomic E-state index is -1.02. The third-order valence-corrected chi connectivity index (χ3v) is 3.71. The molecule has 3 rings (SSSR count). The van der Waals surface area contributed by atoms with E-state index in [4.69, 9.17) is 16.3 Å². The number of hydrogen-bond acceptors (Lipinski definition) is 3. The van der Waals surface area contributed by atoms with Crippen molar-refractivity contribution in [2.75, 3.05) is 0 Å². The summed E-state index contributed by atoms with van der Waals surface area (Å²) in [5.74, 6) is -0.923. The maximum atomic E-state index is 12.8. The highest BCUT2D eigenvalue weighted by atomic mass is 35.5. The summed E-state index contributed by atoms with van der Waals surface area (Å²) in [5.41, 5.74) is 1.28. The molecule has 2 aromatic carbocycles. The Morgan fingerprint density at radius 1 is 0.958 bits per heavy atom. The molecule has 1 N–H and O–H groups in total. The number of Topliss-reactive ketones (excluding diaryl/α,β-unsaturated/α-hetero) is 1. The fourth-order valence-electron chi connectivity index (χ4n) is 2.31. The Morgan fingerprint density at radius 3 is 2.17 bits per heavy atom. The molecule has 0 aliphatic rings. The molecule has 24 heavy (non-hydrogen) atoms. The first-order valence-electron chi connectivity index (χ1n) is 7.34. The second kappa shape index (κ2) is 7.15. The van der Waals surface area contributed by atoms with Gasteiger partial charge in [-0.15, -0.1) is 0 Å². The van der Waals surface area contributed by atoms with Crippen LogP contribution in [0.5, 0.6) is 0 Å². The molecule has 1 atom stereocenters. The Bertz CT molecular complexity index is 843. The van der Waals surface area contributed by atoms with E-state index in [1.54, 1.807) is 48.5 Å². The average molecular weight is 340 g/mol. The van der Waals surface area contributed by atoms with Crippen LogP contribution in [0.2, 0.25) is 5.02 Å². The standard InChI is InChI=1S/C19H14ClNO3/c20-15-11-16(21-12-15)19(23)24-18(14-9-5-2-6-10-14)17(22)13-7-3-1-4-8-13/h1-12,18,21H. The Morgan fingerprint density at radius 2 is 1.58 bits per heavy atom. The Balaban J connectivity index is 1.91. The van der Waals surface area contributed by atoms with Crippen molar-refractivity contribution in [3.8, 4) is 0 Å². The van der Waals surface area contributed by atoms with Crippen molar-refractivity contribution in [3.05, 3.63) is 94.8 Å². The molecule has 0 bridgehead atoms. The molecule has 0 aliphatic heterocycles. The maximum absolute atomic E-state index is 12.8. The highest BCUT2D eigenvalue weighted by Crippen LogP contribution is 2.24. The van der Waals surface area contributed by atoms with E-state index in [2.05, 4.69) is 4.98 Å². The molecule has 0 saturated carbocycles. The number of ketones is 1. The van der Waals surface area contributed by atoms with E-state index in [0.717, 1.165) is 0 Å². The van der Waals surface area contributed by atoms with Crippen molar-refractivity contribution in [1.82, 2.24) is 4.98 Å². The quantitative estimate of drug-likeness (QED) is 0.552. The molecule has 0 amide bonds. The molecule has 1 unspecified atom stereocenters. The van der Waals surface area contributed by atoms with Gasteiger partial charge in [0.05, 0.1) is 5.02 Å². The number of esters is 1. The zero-order chi connectivity index (χ0) is 16.9. The Hall–Kier alpha value is -2.85. The van der Waals surface area contributed by atoms with Gasteiger partial charge < -0.3 is 9.72 Å². The van der Waals surface area contributed by atoms with Gasteiger partial charge in [0.15, 0.2) is 6.10 Å². The molecule has 0 aliphatic carbocycles. The molecule has 3 aromatic rings. The predicted molar refractivity (Wildman–Crippen MR) is 91.2 cm³/mol. The van der Waals surface area contributed by atoms with Crippen molar-refractivity contribution in [2.45, 2.75) is 6.10 Å². The summed E-state index contributed by atoms with van der Waals surface area (Å²) in [5, 5.41) is 0.396. The monoisotopic (exact) mass is 339 g/mol. The zero-order valence-electron chi connectivity index (χ0n) is 12.6. The topological polar surface area (TPSA) is 59.2 Å². The van der Waals surface area contributed by atoms with E-state index in [1.165, 1.54) is 12.3 Å². The molecule has 0 fully saturated rings. The third kappa shape index (κ3) is 3.55. The van der Waals surface area contributed by atoms with Gasteiger partial charge >= 0.3 is 5.97 Å². The summed E-state index contributed by atoms with van der Waals surface area (Å²) in [4.78, 5) is 27.8. The van der Waals surface area contributed by atoms with Gasteiger partial charge in [-0.1, -0.05) is 72.3 Å². The highest BCUT2D eigenvalue weighted by molar-refractivity contribution is 6.30. The molecule has 0 radical (unpaired) electrons. The SMILES string of the molecule is O=C(OC(C(=O)c1ccccc1)c1ccccc1)c1cc(Cl)c[nH]1. The normalized spacial score (nSPS) is 11.7. The van der Waals surface area contributed by atoms with Crippen molar-refractivity contribution >= 4 is 23.4 Å². The summed E-state index contributed by atoms with van der Waals surface area (Å²) < 4.78 is 5.47. The number of rotatable bonds is 5. The van der Waals surface area contributed by atoms with Gasteiger partial charge in [-0.25, -0.2) is 4.79 Å². The molecule has 0 spiro atoms. The summed E-state index contributed by atoms with van der Waals surface area (Å²) >= 11 is 5.81. The summed E-state index contributed by atoms with van der Waals surface area (Å²) in [7, 11) is 0. The minimum Gasteiger partial charge on any atom is -0.444 e. The summed E-state index contributed by atoms with van der Waals surface area (Å²) in [6.45, 7) is 0. The summed E-state index contributed by atoms with van der Waals surface area (Å²) in [6.07, 6.45) is 0.456. The van der Waals surface area contributed by atoms with Crippen LogP contribution in [0.1, 0.15) is 32.5 Å². The fraction of sp³-hybridized carbons (Fsp3) is 0.0526. The second-order valence-electron chi connectivity index (χ2n) is 5.16. The second-order valence-corrected chi connectivity index (χ2v) is 5.59. The first-order valence-corrected chi connectivity index (χ1v) is 7.72. The number of aromatic amines is 1. The lowest BCUT2D eigenvalue weighted by atomic mass is 10.00. The van der Waals surface area contributed by atoms with Gasteiger partial charge in [0.25, 0.3) is 0 Å². The number of nitrogens with one attached hydrogen (secondary N) is 1. The smallest absolute Gasteiger partial charge is 0.355 e. The number of ether oxygens (including phenoxy) is 1. The predicted octanol–water partition coefficient (Wildman–Crippen LogP) is 4.45. The van der Waals surface area contributed by atoms with Gasteiger partial charge in [-0.2, -0.15) is 0 Å². The van der Waals surface area contributed by atoms with E-state index in [0.29, 0.717) is 16.1 Å². The molecule has 120 valence electrons. The first kappa shape index (κ1) is 16.0. The molecular weight excluding hydrogens is 326 g/mol. The third-order valence-electron chi connectivity index (χ3n) is 3.49. The van der Waals surface area contributed by atoms with Gasteiger partial charge in [-0.3, -0.25) is 4.79 Å². The molecule has 4 nitrogen and oxygen atoms in total. The molecule has 1 aromatic heterocycles. The molecule has 0 saturated heterocycles. The number of carbonyl (C=O) groups excluding carboxylic acids is 2. The van der Waals surface area contributed by atoms with Gasteiger partial charge in [0.2, 0.25) is 5.78 Å². The van der Waals surface area contributed by atoms with E-state index in [-0.39, 0.29) is 11.5 Å². The fourth-order valence-corrected chi connectivity index (χ4v) is 2.47. The number of benzene rings is 2. The number of H-pyrrole nitrogens is 1. The molecule has 1 heterocycles. The zero-order valence-corrected chi connectivity index (χ0v) is 13.4. The Labute approximate surface area is 144 Å². The average Bonchev–Trinajstić information content (AvgIpc) is 3.07. The van der Waals surface area contributed by atoms with Crippen LogP contribution in [-0.2, 0) is 4.74 Å². The van der Waals surface area contributed by atoms with Crippen molar-refractivity contribution in [2.24, 2.45) is 0 Å². The number of halogens is 1. The van der Waals surface area contributed by atoms with Crippen molar-refractivity contribution in [1.29, 1.82) is 0 Å². The molecular formula is C19H14ClNO3. The highest BCUT2D eigenvalue weighted by Gasteiger charge is 2.27. The van der Waals surface area contributed by atoms with E-state index < -0.39 is 12.1 Å². The van der Waals surface area contributed by atoms with Crippen LogP contribution in [0, 0.1) is 0 Å². The lowest BCUT2D eigenvalue weighted by Gasteiger charge is -2.17. The number of hydrogen-bond donors (Lipinski definition) is 1. The van der Waals surface area contributed by atoms with Crippen LogP contribution in [0.4, 0.5) is 0 Å². The Kier molecular flexibility index (Phi) is 4.77. The summed E-state index contributed by atoms with van der Waals surface area (Å²) in [6, 6.07) is 19.1. The first-order chi connectivity index (χ1) is 11.6. The number of aromatic nitrogens is 1. The van der Waals surface area contributed by atoms with Crippen LogP contribution in [-0.4, -0.2) is 16.7 Å². The van der Waals surface area contributed by atoms with E-state index in [9.17, 15) is 9.59 Å². The molecule has 5 heteroatoms. The maximum Gasteiger partial charge on any atom is 0.355 e. The lowest BCUT2D eigenvalue weighted by molar-refractivity contribution is 0.0275. The largest absolute Gasteiger partial charge is 0.444 e. The van der Waals surface area contributed by atoms with E-state index in [1.807, 2.05) is 12.1 Å². The van der Waals surface area contributed by atoms with Crippen LogP contribution in [0.15, 0.2) is 72.9 Å². The van der Waals surface area contributed by atoms with Crippen molar-refractivity contribution in [3.63, 3.8) is 0 Å². The lowest BCUT2D eigenvalue weighted by Crippen LogP contribution is -2.20. The van der Waals surface area contributed by atoms with Gasteiger partial charge in [-0.05, 0) is 6.07 Å².